The number of aromatic carboxylic acids is 1. The van der Waals surface area contributed by atoms with Gasteiger partial charge in [-0.15, -0.1) is 0 Å². The van der Waals surface area contributed by atoms with Crippen molar-refractivity contribution in [2.24, 2.45) is 0 Å². The molecule has 0 atom stereocenters. The first-order valence-electron chi connectivity index (χ1n) is 4.57. The zero-order valence-corrected chi connectivity index (χ0v) is 9.27. The lowest BCUT2D eigenvalue weighted by Crippen LogP contribution is -1.91. The summed E-state index contributed by atoms with van der Waals surface area (Å²) in [5, 5.41) is 18.4. The number of nitrogens with zero attached hydrogens (tertiary/aromatic N) is 2. The fraction of sp³-hybridized carbons (Fsp3) is 0. The number of carboxylic acids is 1. The predicted molar refractivity (Wildman–Crippen MR) is 58.7 cm³/mol. The summed E-state index contributed by atoms with van der Waals surface area (Å²) in [4.78, 5) is 14.7. The SMILES string of the molecule is N#Cc1cccnc1Sc1ccc(C(=O)O)o1. The second kappa shape index (κ2) is 4.72. The Morgan fingerprint density at radius 1 is 1.47 bits per heavy atom. The number of pyridine rings is 1. The van der Waals surface area contributed by atoms with Gasteiger partial charge in [0.15, 0.2) is 5.09 Å². The van der Waals surface area contributed by atoms with Crippen LogP contribution in [0.4, 0.5) is 0 Å². The minimum Gasteiger partial charge on any atom is -0.475 e. The molecule has 0 unspecified atom stereocenters. The van der Waals surface area contributed by atoms with Crippen LogP contribution in [0.2, 0.25) is 0 Å². The molecule has 0 bridgehead atoms. The third kappa shape index (κ3) is 2.46. The molecule has 5 nitrogen and oxygen atoms in total. The van der Waals surface area contributed by atoms with E-state index in [1.165, 1.54) is 12.1 Å². The van der Waals surface area contributed by atoms with Crippen molar-refractivity contribution in [2.45, 2.75) is 10.1 Å². The number of carboxylic acid groups (broad SMARTS) is 1. The van der Waals surface area contributed by atoms with Crippen LogP contribution in [-0.4, -0.2) is 16.1 Å². The van der Waals surface area contributed by atoms with Gasteiger partial charge in [0.1, 0.15) is 11.1 Å². The maximum atomic E-state index is 10.6. The molecule has 17 heavy (non-hydrogen) atoms. The minimum absolute atomic E-state index is 0.137. The van der Waals surface area contributed by atoms with Crippen LogP contribution in [0.25, 0.3) is 0 Å². The summed E-state index contributed by atoms with van der Waals surface area (Å²) < 4.78 is 5.06. The molecule has 0 fully saturated rings. The second-order valence-corrected chi connectivity index (χ2v) is 3.99. The Balaban J connectivity index is 2.26. The molecule has 0 radical (unpaired) electrons. The van der Waals surface area contributed by atoms with Crippen molar-refractivity contribution in [1.82, 2.24) is 4.98 Å². The molecule has 84 valence electrons. The lowest BCUT2D eigenvalue weighted by atomic mass is 10.3. The number of carbonyl (C=O) groups is 1. The van der Waals surface area contributed by atoms with Crippen molar-refractivity contribution >= 4 is 17.7 Å². The van der Waals surface area contributed by atoms with Crippen molar-refractivity contribution in [2.75, 3.05) is 0 Å². The zero-order valence-electron chi connectivity index (χ0n) is 8.45. The van der Waals surface area contributed by atoms with E-state index in [0.717, 1.165) is 11.8 Å². The highest BCUT2D eigenvalue weighted by Gasteiger charge is 2.12. The van der Waals surface area contributed by atoms with Crippen LogP contribution < -0.4 is 0 Å². The molecule has 2 heterocycles. The molecular formula is C11H6N2O3S. The van der Waals surface area contributed by atoms with Gasteiger partial charge in [-0.05, 0) is 36.0 Å². The van der Waals surface area contributed by atoms with Crippen molar-refractivity contribution in [3.63, 3.8) is 0 Å². The molecular weight excluding hydrogens is 240 g/mol. The summed E-state index contributed by atoms with van der Waals surface area (Å²) in [6.45, 7) is 0. The summed E-state index contributed by atoms with van der Waals surface area (Å²) >= 11 is 1.11. The normalized spacial score (nSPS) is 9.82. The zero-order chi connectivity index (χ0) is 12.3. The Kier molecular flexibility index (Phi) is 3.12. The molecule has 0 aromatic carbocycles. The number of hydrogen-bond acceptors (Lipinski definition) is 5. The summed E-state index contributed by atoms with van der Waals surface area (Å²) in [6, 6.07) is 8.19. The summed E-state index contributed by atoms with van der Waals surface area (Å²) in [7, 11) is 0. The van der Waals surface area contributed by atoms with Gasteiger partial charge in [0.25, 0.3) is 0 Å². The molecule has 0 amide bonds. The molecule has 0 saturated heterocycles. The largest absolute Gasteiger partial charge is 0.475 e. The smallest absolute Gasteiger partial charge is 0.371 e. The van der Waals surface area contributed by atoms with E-state index in [0.29, 0.717) is 15.7 Å². The average molecular weight is 246 g/mol. The summed E-state index contributed by atoms with van der Waals surface area (Å²) in [6.07, 6.45) is 1.56. The molecule has 0 aliphatic carbocycles. The van der Waals surface area contributed by atoms with Crippen LogP contribution in [0, 0.1) is 11.3 Å². The van der Waals surface area contributed by atoms with E-state index in [1.54, 1.807) is 18.3 Å². The molecule has 0 saturated carbocycles. The maximum Gasteiger partial charge on any atom is 0.371 e. The number of hydrogen-bond donors (Lipinski definition) is 1. The van der Waals surface area contributed by atoms with Crippen LogP contribution in [-0.2, 0) is 0 Å². The van der Waals surface area contributed by atoms with Gasteiger partial charge in [-0.2, -0.15) is 5.26 Å². The Bertz CT molecular complexity index is 601. The summed E-state index contributed by atoms with van der Waals surface area (Å²) in [5.74, 6) is -1.26. The highest BCUT2D eigenvalue weighted by atomic mass is 32.2. The molecule has 0 aliphatic heterocycles. The van der Waals surface area contributed by atoms with Crippen LogP contribution >= 0.6 is 11.8 Å². The first-order chi connectivity index (χ1) is 8.20. The van der Waals surface area contributed by atoms with Crippen molar-refractivity contribution in [1.29, 1.82) is 5.26 Å². The Morgan fingerprint density at radius 2 is 2.29 bits per heavy atom. The van der Waals surface area contributed by atoms with Gasteiger partial charge < -0.3 is 9.52 Å². The Hall–Kier alpha value is -2.26. The van der Waals surface area contributed by atoms with Gasteiger partial charge in [0, 0.05) is 6.20 Å². The molecule has 6 heteroatoms. The molecule has 2 rings (SSSR count). The molecule has 2 aromatic heterocycles. The number of rotatable bonds is 3. The van der Waals surface area contributed by atoms with Gasteiger partial charge in [-0.1, -0.05) is 0 Å². The highest BCUT2D eigenvalue weighted by Crippen LogP contribution is 2.29. The van der Waals surface area contributed by atoms with E-state index < -0.39 is 5.97 Å². The van der Waals surface area contributed by atoms with Gasteiger partial charge in [-0.3, -0.25) is 0 Å². The standard InChI is InChI=1S/C11H6N2O3S/c12-6-7-2-1-5-13-10(7)17-9-4-3-8(16-9)11(14)15/h1-5H,(H,14,15). The summed E-state index contributed by atoms with van der Waals surface area (Å²) in [5.41, 5.74) is 0.422. The fourth-order valence-corrected chi connectivity index (χ4v) is 1.94. The third-order valence-electron chi connectivity index (χ3n) is 1.88. The van der Waals surface area contributed by atoms with Crippen molar-refractivity contribution < 1.29 is 14.3 Å². The minimum atomic E-state index is -1.13. The van der Waals surface area contributed by atoms with E-state index in [9.17, 15) is 4.79 Å². The van der Waals surface area contributed by atoms with Crippen LogP contribution in [0.15, 0.2) is 45.0 Å². The maximum absolute atomic E-state index is 10.6. The van der Waals surface area contributed by atoms with E-state index in [1.807, 2.05) is 6.07 Å². The average Bonchev–Trinajstić information content (AvgIpc) is 2.78. The van der Waals surface area contributed by atoms with E-state index in [-0.39, 0.29) is 5.76 Å². The fourth-order valence-electron chi connectivity index (χ4n) is 1.14. The van der Waals surface area contributed by atoms with Crippen molar-refractivity contribution in [3.8, 4) is 6.07 Å². The van der Waals surface area contributed by atoms with Crippen LogP contribution in [0.3, 0.4) is 0 Å². The quantitative estimate of drug-likeness (QED) is 0.894. The molecule has 1 N–H and O–H groups in total. The predicted octanol–water partition coefficient (Wildman–Crippen LogP) is 2.40. The van der Waals surface area contributed by atoms with Crippen LogP contribution in [0.1, 0.15) is 16.1 Å². The monoisotopic (exact) mass is 246 g/mol. The molecule has 2 aromatic rings. The first kappa shape index (κ1) is 11.2. The second-order valence-electron chi connectivity index (χ2n) is 2.99. The first-order valence-corrected chi connectivity index (χ1v) is 5.38. The van der Waals surface area contributed by atoms with Crippen LogP contribution in [0.5, 0.6) is 0 Å². The number of aromatic nitrogens is 1. The van der Waals surface area contributed by atoms with Gasteiger partial charge in [0.2, 0.25) is 5.76 Å². The highest BCUT2D eigenvalue weighted by molar-refractivity contribution is 7.99. The Labute approximate surface area is 101 Å². The van der Waals surface area contributed by atoms with Gasteiger partial charge >= 0.3 is 5.97 Å². The van der Waals surface area contributed by atoms with E-state index in [2.05, 4.69) is 4.98 Å². The van der Waals surface area contributed by atoms with Gasteiger partial charge in [-0.25, -0.2) is 9.78 Å². The lowest BCUT2D eigenvalue weighted by molar-refractivity contribution is 0.0656. The van der Waals surface area contributed by atoms with Gasteiger partial charge in [0.05, 0.1) is 5.56 Å². The molecule has 0 aliphatic rings. The number of nitriles is 1. The Morgan fingerprint density at radius 3 is 2.94 bits per heavy atom. The third-order valence-corrected chi connectivity index (χ3v) is 2.82. The van der Waals surface area contributed by atoms with E-state index in [4.69, 9.17) is 14.8 Å². The topological polar surface area (TPSA) is 87.1 Å². The number of furan rings is 1. The lowest BCUT2D eigenvalue weighted by Gasteiger charge is -1.98. The molecule has 0 spiro atoms. The van der Waals surface area contributed by atoms with Crippen molar-refractivity contribution in [3.05, 3.63) is 41.8 Å². The van der Waals surface area contributed by atoms with E-state index >= 15 is 0 Å².